The molecule has 1 heteroatoms. The first-order valence-corrected chi connectivity index (χ1v) is 6.76. The second kappa shape index (κ2) is 8.58. The SMILES string of the molecule is CC(C)[c-]1cccc1-c1ccccc1.[Fe+2].c1cc[cH-]c1. The van der Waals surface area contributed by atoms with Crippen molar-refractivity contribution in [3.8, 4) is 11.1 Å². The summed E-state index contributed by atoms with van der Waals surface area (Å²) < 4.78 is 0. The summed E-state index contributed by atoms with van der Waals surface area (Å²) >= 11 is 0. The maximum Gasteiger partial charge on any atom is 2.00 e. The van der Waals surface area contributed by atoms with Gasteiger partial charge in [0.25, 0.3) is 0 Å². The largest absolute Gasteiger partial charge is 2.00 e. The summed E-state index contributed by atoms with van der Waals surface area (Å²) in [6, 6.07) is 27.1. The summed E-state index contributed by atoms with van der Waals surface area (Å²) in [6.45, 7) is 4.48. The van der Waals surface area contributed by atoms with Crippen LogP contribution in [0.5, 0.6) is 0 Å². The molecule has 0 aliphatic heterocycles. The predicted molar refractivity (Wildman–Crippen MR) is 83.6 cm³/mol. The second-order valence-electron chi connectivity index (χ2n) is 4.88. The van der Waals surface area contributed by atoms with Gasteiger partial charge in [0.15, 0.2) is 0 Å². The van der Waals surface area contributed by atoms with Crippen LogP contribution in [0.4, 0.5) is 0 Å². The number of benzene rings is 1. The van der Waals surface area contributed by atoms with Crippen molar-refractivity contribution in [1.82, 2.24) is 0 Å². The van der Waals surface area contributed by atoms with Gasteiger partial charge in [-0.25, -0.2) is 12.1 Å². The van der Waals surface area contributed by atoms with Gasteiger partial charge in [-0.3, -0.25) is 0 Å². The molecular formula is C19H20Fe. The Morgan fingerprint density at radius 1 is 0.850 bits per heavy atom. The molecule has 0 aromatic heterocycles. The first-order chi connectivity index (χ1) is 9.29. The third kappa shape index (κ3) is 4.52. The van der Waals surface area contributed by atoms with Crippen molar-refractivity contribution in [3.05, 3.63) is 84.4 Å². The molecule has 0 heterocycles. The van der Waals surface area contributed by atoms with Crippen LogP contribution in [0.25, 0.3) is 11.1 Å². The van der Waals surface area contributed by atoms with Gasteiger partial charge in [-0.2, -0.15) is 36.4 Å². The van der Waals surface area contributed by atoms with Crippen molar-refractivity contribution in [3.63, 3.8) is 0 Å². The summed E-state index contributed by atoms with van der Waals surface area (Å²) in [5.74, 6) is 0.597. The molecule has 0 nitrogen and oxygen atoms in total. The van der Waals surface area contributed by atoms with Crippen LogP contribution in [-0.4, -0.2) is 0 Å². The maximum atomic E-state index is 2.24. The molecule has 0 aliphatic rings. The van der Waals surface area contributed by atoms with Crippen molar-refractivity contribution in [2.75, 3.05) is 0 Å². The standard InChI is InChI=1S/C14H15.C5H5.Fe/c1-11(2)13-9-6-10-14(13)12-7-4-3-5-8-12;1-2-4-5-3-1;/h3-11H,1-2H3;1-5H;/q2*-1;+2. The van der Waals surface area contributed by atoms with Gasteiger partial charge < -0.3 is 0 Å². The Morgan fingerprint density at radius 2 is 1.50 bits per heavy atom. The molecule has 104 valence electrons. The molecule has 0 N–H and O–H groups in total. The molecule has 0 amide bonds. The smallest absolute Gasteiger partial charge is 0.214 e. The Labute approximate surface area is 132 Å². The van der Waals surface area contributed by atoms with Crippen LogP contribution in [0.2, 0.25) is 0 Å². The van der Waals surface area contributed by atoms with E-state index < -0.39 is 0 Å². The summed E-state index contributed by atoms with van der Waals surface area (Å²) in [5.41, 5.74) is 4.14. The molecular weight excluding hydrogens is 284 g/mol. The Kier molecular flexibility index (Phi) is 7.07. The second-order valence-corrected chi connectivity index (χ2v) is 4.88. The fourth-order valence-corrected chi connectivity index (χ4v) is 2.14. The molecule has 0 radical (unpaired) electrons. The van der Waals surface area contributed by atoms with Gasteiger partial charge in [-0.15, -0.1) is 11.1 Å². The zero-order valence-electron chi connectivity index (χ0n) is 11.9. The van der Waals surface area contributed by atoms with Crippen molar-refractivity contribution >= 4 is 0 Å². The Morgan fingerprint density at radius 3 is 2.00 bits per heavy atom. The van der Waals surface area contributed by atoms with Gasteiger partial charge in [-0.1, -0.05) is 55.7 Å². The monoisotopic (exact) mass is 304 g/mol. The van der Waals surface area contributed by atoms with Gasteiger partial charge in [0.05, 0.1) is 0 Å². The number of hydrogen-bond donors (Lipinski definition) is 0. The quantitative estimate of drug-likeness (QED) is 0.427. The Balaban J connectivity index is 0.000000283. The first kappa shape index (κ1) is 16.5. The zero-order chi connectivity index (χ0) is 13.5. The first-order valence-electron chi connectivity index (χ1n) is 6.76. The average Bonchev–Trinajstić information content (AvgIpc) is 3.14. The van der Waals surface area contributed by atoms with E-state index in [0.717, 1.165) is 0 Å². The van der Waals surface area contributed by atoms with Gasteiger partial charge in [-0.05, 0) is 0 Å². The zero-order valence-corrected chi connectivity index (χ0v) is 13.0. The molecule has 0 spiro atoms. The summed E-state index contributed by atoms with van der Waals surface area (Å²) in [5, 5.41) is 0. The fourth-order valence-electron chi connectivity index (χ4n) is 2.14. The minimum absolute atomic E-state index is 0. The van der Waals surface area contributed by atoms with E-state index in [2.05, 4.69) is 62.4 Å². The van der Waals surface area contributed by atoms with E-state index in [1.54, 1.807) is 0 Å². The molecule has 0 unspecified atom stereocenters. The van der Waals surface area contributed by atoms with E-state index >= 15 is 0 Å². The maximum absolute atomic E-state index is 2.24. The van der Waals surface area contributed by atoms with Crippen LogP contribution in [0, 0.1) is 0 Å². The molecule has 0 aliphatic carbocycles. The summed E-state index contributed by atoms with van der Waals surface area (Å²) in [6.07, 6.45) is 0. The van der Waals surface area contributed by atoms with E-state index in [1.165, 1.54) is 16.7 Å². The molecule has 0 atom stereocenters. The van der Waals surface area contributed by atoms with Crippen molar-refractivity contribution in [2.24, 2.45) is 0 Å². The van der Waals surface area contributed by atoms with Gasteiger partial charge in [0.2, 0.25) is 0 Å². The Hall–Kier alpha value is -1.56. The van der Waals surface area contributed by atoms with E-state index in [4.69, 9.17) is 0 Å². The van der Waals surface area contributed by atoms with Crippen molar-refractivity contribution < 1.29 is 17.1 Å². The third-order valence-corrected chi connectivity index (χ3v) is 3.11. The van der Waals surface area contributed by atoms with Crippen LogP contribution >= 0.6 is 0 Å². The van der Waals surface area contributed by atoms with Gasteiger partial charge >= 0.3 is 17.1 Å². The summed E-state index contributed by atoms with van der Waals surface area (Å²) in [7, 11) is 0. The van der Waals surface area contributed by atoms with Crippen LogP contribution in [0.15, 0.2) is 78.9 Å². The van der Waals surface area contributed by atoms with Crippen molar-refractivity contribution in [2.45, 2.75) is 19.8 Å². The van der Waals surface area contributed by atoms with Crippen molar-refractivity contribution in [1.29, 1.82) is 0 Å². The Bertz CT molecular complexity index is 542. The molecule has 0 saturated carbocycles. The average molecular weight is 304 g/mol. The molecule has 0 saturated heterocycles. The summed E-state index contributed by atoms with van der Waals surface area (Å²) in [4.78, 5) is 0. The molecule has 20 heavy (non-hydrogen) atoms. The number of hydrogen-bond acceptors (Lipinski definition) is 0. The molecule has 3 aromatic carbocycles. The van der Waals surface area contributed by atoms with Crippen LogP contribution in [-0.2, 0) is 17.1 Å². The molecule has 3 rings (SSSR count). The third-order valence-electron chi connectivity index (χ3n) is 3.11. The minimum Gasteiger partial charge on any atom is -0.214 e. The van der Waals surface area contributed by atoms with E-state index in [0.29, 0.717) is 5.92 Å². The molecule has 0 fully saturated rings. The van der Waals surface area contributed by atoms with E-state index in [-0.39, 0.29) is 17.1 Å². The topological polar surface area (TPSA) is 0 Å². The van der Waals surface area contributed by atoms with E-state index in [1.807, 2.05) is 30.3 Å². The van der Waals surface area contributed by atoms with Gasteiger partial charge in [0, 0.05) is 0 Å². The van der Waals surface area contributed by atoms with Gasteiger partial charge in [0.1, 0.15) is 0 Å². The van der Waals surface area contributed by atoms with Crippen LogP contribution < -0.4 is 0 Å². The fraction of sp³-hybridized carbons (Fsp3) is 0.158. The molecule has 3 aromatic rings. The predicted octanol–water partition coefficient (Wildman–Crippen LogP) is 5.60. The number of rotatable bonds is 2. The normalized spacial score (nSPS) is 9.55. The molecule has 0 bridgehead atoms. The van der Waals surface area contributed by atoms with Crippen LogP contribution in [0.3, 0.4) is 0 Å². The minimum atomic E-state index is 0. The van der Waals surface area contributed by atoms with Crippen LogP contribution in [0.1, 0.15) is 25.3 Å². The van der Waals surface area contributed by atoms with E-state index in [9.17, 15) is 0 Å².